The number of H-pyrrole nitrogens is 1. The van der Waals surface area contributed by atoms with Crippen LogP contribution >= 0.6 is 11.8 Å². The number of amides is 1. The van der Waals surface area contributed by atoms with Crippen LogP contribution < -0.4 is 9.80 Å². The van der Waals surface area contributed by atoms with Gasteiger partial charge in [-0.3, -0.25) is 5.10 Å². The molecule has 2 aliphatic rings. The molecule has 2 aromatic heterocycles. The molecule has 4 aromatic rings. The summed E-state index contributed by atoms with van der Waals surface area (Å²) in [6, 6.07) is 15.2. The third-order valence-corrected chi connectivity index (χ3v) is 11.1. The second-order valence-corrected chi connectivity index (χ2v) is 19.7. The molecule has 0 radical (unpaired) electrons. The van der Waals surface area contributed by atoms with Crippen LogP contribution in [-0.2, 0) is 29.0 Å². The number of benzene rings is 2. The zero-order chi connectivity index (χ0) is 32.3. The average molecular weight is 660 g/mol. The molecule has 6 rings (SSSR count). The molecule has 10 nitrogen and oxygen atoms in total. The Morgan fingerprint density at radius 2 is 1.80 bits per heavy atom. The fourth-order valence-corrected chi connectivity index (χ4v) is 7.29. The van der Waals surface area contributed by atoms with Crippen LogP contribution in [0, 0.1) is 0 Å². The number of nitrogens with zero attached hydrogens (tertiary/aromatic N) is 6. The van der Waals surface area contributed by atoms with Gasteiger partial charge in [0.05, 0.1) is 35.7 Å². The Bertz CT molecular complexity index is 1650. The highest BCUT2D eigenvalue weighted by Gasteiger charge is 2.31. The van der Waals surface area contributed by atoms with Crippen molar-refractivity contribution in [3.8, 4) is 0 Å². The van der Waals surface area contributed by atoms with Crippen LogP contribution in [0.4, 0.5) is 16.3 Å². The maximum absolute atomic E-state index is 12.8. The molecule has 1 atom stereocenters. The first-order valence-electron chi connectivity index (χ1n) is 16.2. The Morgan fingerprint density at radius 1 is 1.02 bits per heavy atom. The van der Waals surface area contributed by atoms with Crippen molar-refractivity contribution in [3.63, 3.8) is 0 Å². The highest BCUT2D eigenvalue weighted by atomic mass is 32.2. The fourth-order valence-electron chi connectivity index (χ4n) is 6.18. The first-order valence-corrected chi connectivity index (χ1v) is 21.1. The molecule has 2 aromatic carbocycles. The smallest absolute Gasteiger partial charge is 0.410 e. The van der Waals surface area contributed by atoms with E-state index in [1.54, 1.807) is 16.7 Å². The molecule has 12 heteroatoms. The van der Waals surface area contributed by atoms with Crippen molar-refractivity contribution in [1.82, 2.24) is 25.1 Å². The van der Waals surface area contributed by atoms with Gasteiger partial charge in [-0.1, -0.05) is 67.8 Å². The van der Waals surface area contributed by atoms with Gasteiger partial charge < -0.3 is 24.2 Å². The number of fused-ring (bicyclic) bond motifs is 2. The third-order valence-electron chi connectivity index (χ3n) is 8.85. The maximum Gasteiger partial charge on any atom is 0.410 e. The average Bonchev–Trinajstić information content (AvgIpc) is 3.55. The summed E-state index contributed by atoms with van der Waals surface area (Å²) in [5, 5.41) is 9.42. The van der Waals surface area contributed by atoms with Crippen molar-refractivity contribution in [2.75, 3.05) is 55.4 Å². The van der Waals surface area contributed by atoms with Gasteiger partial charge in [-0.15, -0.1) is 0 Å². The highest BCUT2D eigenvalue weighted by Crippen LogP contribution is 2.39. The number of hydrogen-bond acceptors (Lipinski definition) is 9. The minimum absolute atomic E-state index is 0.0366. The highest BCUT2D eigenvalue weighted by molar-refractivity contribution is 7.98. The van der Waals surface area contributed by atoms with Crippen molar-refractivity contribution in [3.05, 3.63) is 71.0 Å². The van der Waals surface area contributed by atoms with Gasteiger partial charge in [-0.05, 0) is 37.3 Å². The van der Waals surface area contributed by atoms with Crippen LogP contribution in [0.2, 0.25) is 25.7 Å². The summed E-state index contributed by atoms with van der Waals surface area (Å²) in [6.45, 7) is 14.5. The lowest BCUT2D eigenvalue weighted by Crippen LogP contribution is -2.49. The lowest BCUT2D eigenvalue weighted by molar-refractivity contribution is 0.0761. The van der Waals surface area contributed by atoms with Crippen molar-refractivity contribution >= 4 is 48.3 Å². The van der Waals surface area contributed by atoms with E-state index in [9.17, 15) is 4.79 Å². The third kappa shape index (κ3) is 7.34. The predicted molar refractivity (Wildman–Crippen MR) is 188 cm³/mol. The van der Waals surface area contributed by atoms with Gasteiger partial charge in [0.15, 0.2) is 5.16 Å². The molecular weight excluding hydrogens is 615 g/mol. The quantitative estimate of drug-likeness (QED) is 0.116. The van der Waals surface area contributed by atoms with Gasteiger partial charge in [0.1, 0.15) is 12.4 Å². The number of carbonyl (C=O) groups excluding carboxylic acids is 1. The minimum atomic E-state index is -1.19. The molecule has 1 saturated heterocycles. The summed E-state index contributed by atoms with van der Waals surface area (Å²) < 4.78 is 12.0. The van der Waals surface area contributed by atoms with Gasteiger partial charge in [0, 0.05) is 63.9 Å². The van der Waals surface area contributed by atoms with E-state index in [-0.39, 0.29) is 18.8 Å². The lowest BCUT2D eigenvalue weighted by atomic mass is 9.99. The number of rotatable bonds is 10. The number of piperazine rings is 1. The number of nitrogens with one attached hydrogen (secondary N) is 1. The van der Waals surface area contributed by atoms with E-state index in [0.717, 1.165) is 58.8 Å². The van der Waals surface area contributed by atoms with Crippen molar-refractivity contribution in [2.24, 2.45) is 0 Å². The number of aromatic amines is 1. The summed E-state index contributed by atoms with van der Waals surface area (Å²) in [4.78, 5) is 29.4. The van der Waals surface area contributed by atoms with E-state index in [4.69, 9.17) is 19.4 Å². The summed E-state index contributed by atoms with van der Waals surface area (Å²) in [5.41, 5.74) is 6.63. The first-order chi connectivity index (χ1) is 22.2. The number of ether oxygens (including phenoxy) is 2. The van der Waals surface area contributed by atoms with Crippen LogP contribution in [-0.4, -0.2) is 84.8 Å². The second-order valence-electron chi connectivity index (χ2n) is 13.3. The van der Waals surface area contributed by atoms with Gasteiger partial charge in [0.25, 0.3) is 0 Å². The first kappa shape index (κ1) is 32.3. The Morgan fingerprint density at radius 3 is 2.54 bits per heavy atom. The predicted octanol–water partition coefficient (Wildman–Crippen LogP) is 6.51. The molecule has 0 spiro atoms. The van der Waals surface area contributed by atoms with E-state index in [1.807, 2.05) is 42.8 Å². The molecule has 0 bridgehead atoms. The Kier molecular flexibility index (Phi) is 9.86. The fraction of sp³-hybridized carbons (Fsp3) is 0.471. The lowest BCUT2D eigenvalue weighted by Gasteiger charge is -2.38. The molecule has 1 N–H and O–H groups in total. The molecule has 0 aliphatic carbocycles. The zero-order valence-corrected chi connectivity index (χ0v) is 29.4. The summed E-state index contributed by atoms with van der Waals surface area (Å²) in [5.74, 6) is 0.996. The molecule has 2 aliphatic heterocycles. The van der Waals surface area contributed by atoms with Crippen LogP contribution in [0.1, 0.15) is 35.4 Å². The van der Waals surface area contributed by atoms with Crippen LogP contribution in [0.3, 0.4) is 0 Å². The molecule has 1 amide bonds. The zero-order valence-electron chi connectivity index (χ0n) is 27.6. The Hall–Kier alpha value is -3.61. The topological polar surface area (TPSA) is 99.7 Å². The second kappa shape index (κ2) is 14.0. The molecule has 46 heavy (non-hydrogen) atoms. The summed E-state index contributed by atoms with van der Waals surface area (Å²) in [6.07, 6.45) is 4.48. The van der Waals surface area contributed by atoms with E-state index < -0.39 is 8.07 Å². The molecule has 4 heterocycles. The summed E-state index contributed by atoms with van der Waals surface area (Å²) in [7, 11) is -1.19. The van der Waals surface area contributed by atoms with E-state index in [2.05, 4.69) is 58.7 Å². The van der Waals surface area contributed by atoms with Crippen molar-refractivity contribution in [2.45, 2.75) is 63.4 Å². The number of hydrogen-bond donors (Lipinski definition) is 1. The number of thioether (sulfide) groups is 1. The number of aromatic nitrogens is 4. The van der Waals surface area contributed by atoms with Crippen LogP contribution in [0.15, 0.2) is 53.8 Å². The molecule has 0 unspecified atom stereocenters. The minimum Gasteiger partial charge on any atom is -0.445 e. The molecule has 0 saturated carbocycles. The standard InChI is InChI=1S/C34H45N7O3SSi/c1-24(43-19-20-46(3,4)5)26-11-12-29-28(21-35-38-29)31(26)41-14-13-27-30(22-41)36-33(45-2)37-32(27)39-15-17-40(18-16-39)34(42)44-23-25-9-7-6-8-10-25/h6-12,21,24H,13-20,22-23H2,1-5H3,(H,35,38)/t24-/m0/s1. The molecular formula is C34H45N7O3SSi. The van der Waals surface area contributed by atoms with E-state index in [0.29, 0.717) is 32.7 Å². The molecule has 244 valence electrons. The van der Waals surface area contributed by atoms with Crippen molar-refractivity contribution in [1.29, 1.82) is 0 Å². The Balaban J connectivity index is 1.19. The SMILES string of the molecule is CSc1nc2c(c(N3CCN(C(=O)OCc4ccccc4)CC3)n1)CCN(c1c([C@H](C)OCC[Si](C)(C)C)ccc3[nH]ncc13)C2. The van der Waals surface area contributed by atoms with Gasteiger partial charge in [-0.25, -0.2) is 14.8 Å². The van der Waals surface area contributed by atoms with E-state index >= 15 is 0 Å². The monoisotopic (exact) mass is 659 g/mol. The Labute approximate surface area is 276 Å². The number of anilines is 2. The maximum atomic E-state index is 12.8. The molecule has 1 fully saturated rings. The van der Waals surface area contributed by atoms with Crippen LogP contribution in [0.5, 0.6) is 0 Å². The van der Waals surface area contributed by atoms with Crippen LogP contribution in [0.25, 0.3) is 10.9 Å². The van der Waals surface area contributed by atoms with Gasteiger partial charge in [0.2, 0.25) is 0 Å². The van der Waals surface area contributed by atoms with E-state index in [1.165, 1.54) is 16.8 Å². The normalized spacial score (nSPS) is 16.1. The number of carbonyl (C=O) groups is 1. The summed E-state index contributed by atoms with van der Waals surface area (Å²) >= 11 is 1.57. The van der Waals surface area contributed by atoms with Gasteiger partial charge in [-0.2, -0.15) is 5.10 Å². The van der Waals surface area contributed by atoms with Crippen molar-refractivity contribution < 1.29 is 14.3 Å². The largest absolute Gasteiger partial charge is 0.445 e. The van der Waals surface area contributed by atoms with Gasteiger partial charge >= 0.3 is 6.09 Å².